The van der Waals surface area contributed by atoms with Crippen LogP contribution in [0.25, 0.3) is 0 Å². The molecule has 0 heterocycles. The predicted octanol–water partition coefficient (Wildman–Crippen LogP) is 2.65. The smallest absolute Gasteiger partial charge is 0.319 e. The minimum Gasteiger partial charge on any atom is -0.334 e. The van der Waals surface area contributed by atoms with Crippen molar-refractivity contribution >= 4 is 23.3 Å². The second kappa shape index (κ2) is 5.29. The number of anilines is 1. The summed E-state index contributed by atoms with van der Waals surface area (Å²) >= 11 is 5.74. The van der Waals surface area contributed by atoms with Gasteiger partial charge in [-0.05, 0) is 18.2 Å². The third-order valence-electron chi connectivity index (χ3n) is 1.49. The Hall–Kier alpha value is -1.48. The summed E-state index contributed by atoms with van der Waals surface area (Å²) in [5.41, 5.74) is 0.666. The van der Waals surface area contributed by atoms with Crippen LogP contribution < -0.4 is 10.6 Å². The molecule has 0 aliphatic heterocycles. The zero-order chi connectivity index (χ0) is 10.4. The van der Waals surface area contributed by atoms with E-state index in [9.17, 15) is 4.79 Å². The first-order valence-corrected chi connectivity index (χ1v) is 4.51. The highest BCUT2D eigenvalue weighted by molar-refractivity contribution is 6.30. The molecule has 0 unspecified atom stereocenters. The highest BCUT2D eigenvalue weighted by Gasteiger charge is 1.99. The van der Waals surface area contributed by atoms with Crippen molar-refractivity contribution in [3.63, 3.8) is 0 Å². The van der Waals surface area contributed by atoms with Crippen LogP contribution in [0.4, 0.5) is 10.5 Å². The van der Waals surface area contributed by atoms with E-state index in [2.05, 4.69) is 17.2 Å². The lowest BCUT2D eigenvalue weighted by atomic mass is 10.3. The van der Waals surface area contributed by atoms with Crippen LogP contribution in [0.3, 0.4) is 0 Å². The van der Waals surface area contributed by atoms with Crippen molar-refractivity contribution in [2.45, 2.75) is 0 Å². The highest BCUT2D eigenvalue weighted by atomic mass is 35.5. The number of rotatable bonds is 3. The van der Waals surface area contributed by atoms with Gasteiger partial charge in [0.2, 0.25) is 0 Å². The van der Waals surface area contributed by atoms with Crippen molar-refractivity contribution < 1.29 is 4.79 Å². The molecule has 0 bridgehead atoms. The minimum atomic E-state index is -0.271. The molecule has 0 aliphatic carbocycles. The zero-order valence-corrected chi connectivity index (χ0v) is 8.34. The fraction of sp³-hybridized carbons (Fsp3) is 0.100. The van der Waals surface area contributed by atoms with Crippen LogP contribution in [0.1, 0.15) is 0 Å². The van der Waals surface area contributed by atoms with E-state index >= 15 is 0 Å². The Morgan fingerprint density at radius 2 is 2.36 bits per heavy atom. The molecule has 0 radical (unpaired) electrons. The summed E-state index contributed by atoms with van der Waals surface area (Å²) < 4.78 is 0. The summed E-state index contributed by atoms with van der Waals surface area (Å²) in [7, 11) is 0. The largest absolute Gasteiger partial charge is 0.334 e. The molecule has 0 saturated heterocycles. The molecule has 1 aromatic carbocycles. The van der Waals surface area contributed by atoms with Gasteiger partial charge in [0, 0.05) is 17.3 Å². The van der Waals surface area contributed by atoms with Crippen LogP contribution in [0.15, 0.2) is 36.9 Å². The van der Waals surface area contributed by atoms with E-state index in [1.165, 1.54) is 0 Å². The van der Waals surface area contributed by atoms with Crippen molar-refractivity contribution in [3.8, 4) is 0 Å². The lowest BCUT2D eigenvalue weighted by Crippen LogP contribution is -2.28. The summed E-state index contributed by atoms with van der Waals surface area (Å²) in [5.74, 6) is 0. The quantitative estimate of drug-likeness (QED) is 0.740. The second-order valence-electron chi connectivity index (χ2n) is 2.63. The molecular formula is C10H11ClN2O. The van der Waals surface area contributed by atoms with Crippen molar-refractivity contribution in [3.05, 3.63) is 41.9 Å². The Bertz CT molecular complexity index is 339. The third-order valence-corrected chi connectivity index (χ3v) is 1.72. The van der Waals surface area contributed by atoms with E-state index in [-0.39, 0.29) is 6.03 Å². The van der Waals surface area contributed by atoms with Gasteiger partial charge < -0.3 is 10.6 Å². The number of carbonyl (C=O) groups is 1. The van der Waals surface area contributed by atoms with Gasteiger partial charge in [-0.2, -0.15) is 0 Å². The van der Waals surface area contributed by atoms with Gasteiger partial charge in [0.05, 0.1) is 0 Å². The first-order valence-electron chi connectivity index (χ1n) is 4.13. The summed E-state index contributed by atoms with van der Waals surface area (Å²) in [5, 5.41) is 5.81. The van der Waals surface area contributed by atoms with Gasteiger partial charge >= 0.3 is 6.03 Å². The lowest BCUT2D eigenvalue weighted by Gasteiger charge is -2.05. The van der Waals surface area contributed by atoms with Crippen molar-refractivity contribution in [2.75, 3.05) is 11.9 Å². The second-order valence-corrected chi connectivity index (χ2v) is 3.07. The van der Waals surface area contributed by atoms with Crippen LogP contribution in [-0.2, 0) is 0 Å². The van der Waals surface area contributed by atoms with E-state index in [1.54, 1.807) is 30.3 Å². The average Bonchev–Trinajstić information content (AvgIpc) is 2.15. The molecule has 0 spiro atoms. The number of carbonyl (C=O) groups excluding carboxylic acids is 1. The van der Waals surface area contributed by atoms with Crippen molar-refractivity contribution in [1.29, 1.82) is 0 Å². The van der Waals surface area contributed by atoms with Crippen LogP contribution >= 0.6 is 11.6 Å². The fourth-order valence-corrected chi connectivity index (χ4v) is 1.10. The van der Waals surface area contributed by atoms with E-state index in [0.29, 0.717) is 17.3 Å². The molecule has 2 amide bonds. The third kappa shape index (κ3) is 3.49. The zero-order valence-electron chi connectivity index (χ0n) is 7.59. The Balaban J connectivity index is 2.51. The molecule has 1 rings (SSSR count). The van der Waals surface area contributed by atoms with Crippen LogP contribution in [0.2, 0.25) is 5.02 Å². The number of benzene rings is 1. The first-order chi connectivity index (χ1) is 6.72. The monoisotopic (exact) mass is 210 g/mol. The molecular weight excluding hydrogens is 200 g/mol. The predicted molar refractivity (Wildman–Crippen MR) is 58.7 cm³/mol. The molecule has 4 heteroatoms. The maximum absolute atomic E-state index is 11.2. The number of amides is 2. The summed E-state index contributed by atoms with van der Waals surface area (Å²) in [6.45, 7) is 3.93. The average molecular weight is 211 g/mol. The van der Waals surface area contributed by atoms with Gasteiger partial charge in [0.15, 0.2) is 0 Å². The first kappa shape index (κ1) is 10.6. The molecule has 1 aromatic rings. The number of halogens is 1. The number of hydrogen-bond donors (Lipinski definition) is 2. The molecule has 14 heavy (non-hydrogen) atoms. The van der Waals surface area contributed by atoms with E-state index in [1.807, 2.05) is 0 Å². The summed E-state index contributed by atoms with van der Waals surface area (Å²) in [6, 6.07) is 6.68. The molecule has 0 fully saturated rings. The Labute approximate surface area is 87.8 Å². The molecule has 3 nitrogen and oxygen atoms in total. The maximum atomic E-state index is 11.2. The molecule has 0 aromatic heterocycles. The van der Waals surface area contributed by atoms with Crippen LogP contribution in [-0.4, -0.2) is 12.6 Å². The van der Waals surface area contributed by atoms with Gasteiger partial charge in [-0.3, -0.25) is 0 Å². The Morgan fingerprint density at radius 1 is 1.57 bits per heavy atom. The molecule has 0 saturated carbocycles. The number of hydrogen-bond acceptors (Lipinski definition) is 1. The van der Waals surface area contributed by atoms with E-state index in [4.69, 9.17) is 11.6 Å². The standard InChI is InChI=1S/C10H11ClN2O/c1-2-6-12-10(14)13-9-5-3-4-8(11)7-9/h2-5,7H,1,6H2,(H2,12,13,14). The molecule has 0 atom stereocenters. The number of urea groups is 1. The van der Waals surface area contributed by atoms with Crippen molar-refractivity contribution in [1.82, 2.24) is 5.32 Å². The lowest BCUT2D eigenvalue weighted by molar-refractivity contribution is 0.253. The molecule has 0 aliphatic rings. The highest BCUT2D eigenvalue weighted by Crippen LogP contribution is 2.14. The van der Waals surface area contributed by atoms with Gasteiger partial charge in [-0.25, -0.2) is 4.79 Å². The van der Waals surface area contributed by atoms with E-state index < -0.39 is 0 Å². The topological polar surface area (TPSA) is 41.1 Å². The van der Waals surface area contributed by atoms with E-state index in [0.717, 1.165) is 0 Å². The van der Waals surface area contributed by atoms with Crippen LogP contribution in [0.5, 0.6) is 0 Å². The summed E-state index contributed by atoms with van der Waals surface area (Å²) in [6.07, 6.45) is 1.61. The minimum absolute atomic E-state index is 0.271. The normalized spacial score (nSPS) is 9.21. The Morgan fingerprint density at radius 3 is 3.00 bits per heavy atom. The van der Waals surface area contributed by atoms with Crippen molar-refractivity contribution in [2.24, 2.45) is 0 Å². The maximum Gasteiger partial charge on any atom is 0.319 e. The van der Waals surface area contributed by atoms with Gasteiger partial charge in [0.1, 0.15) is 0 Å². The molecule has 2 N–H and O–H groups in total. The SMILES string of the molecule is C=CCNC(=O)Nc1cccc(Cl)c1. The van der Waals surface area contributed by atoms with Crippen LogP contribution in [0, 0.1) is 0 Å². The van der Waals surface area contributed by atoms with Gasteiger partial charge in [0.25, 0.3) is 0 Å². The Kier molecular flexibility index (Phi) is 4.01. The molecule has 74 valence electrons. The number of nitrogens with one attached hydrogen (secondary N) is 2. The summed E-state index contributed by atoms with van der Waals surface area (Å²) in [4.78, 5) is 11.2. The van der Waals surface area contributed by atoms with Gasteiger partial charge in [-0.15, -0.1) is 6.58 Å². The fourth-order valence-electron chi connectivity index (χ4n) is 0.906. The van der Waals surface area contributed by atoms with Gasteiger partial charge in [-0.1, -0.05) is 23.7 Å².